The van der Waals surface area contributed by atoms with E-state index in [0.29, 0.717) is 15.9 Å². The van der Waals surface area contributed by atoms with Crippen LogP contribution in [0.3, 0.4) is 0 Å². The van der Waals surface area contributed by atoms with Crippen LogP contribution in [0, 0.1) is 0 Å². The number of benzene rings is 2. The van der Waals surface area contributed by atoms with Crippen LogP contribution in [0.5, 0.6) is 0 Å². The van der Waals surface area contributed by atoms with Crippen molar-refractivity contribution in [3.63, 3.8) is 0 Å². The zero-order valence-corrected chi connectivity index (χ0v) is 18.6. The first kappa shape index (κ1) is 21.7. The van der Waals surface area contributed by atoms with Crippen molar-refractivity contribution in [1.29, 1.82) is 0 Å². The zero-order chi connectivity index (χ0) is 21.7. The van der Waals surface area contributed by atoms with Gasteiger partial charge in [0.2, 0.25) is 5.82 Å². The molecule has 0 spiro atoms. The molecular formula is C22H23BrN4O3. The molecule has 2 aromatic carbocycles. The summed E-state index contributed by atoms with van der Waals surface area (Å²) in [5.41, 5.74) is 2.54. The third kappa shape index (κ3) is 5.33. The molecule has 0 fully saturated rings. The van der Waals surface area contributed by atoms with Gasteiger partial charge in [-0.1, -0.05) is 62.3 Å². The van der Waals surface area contributed by atoms with E-state index in [2.05, 4.69) is 57.5 Å². The van der Waals surface area contributed by atoms with Gasteiger partial charge in [0.1, 0.15) is 0 Å². The Hall–Kier alpha value is -3.00. The SMILES string of the molecule is CC(C)(C)c1ccc(-c2noc(C(=O)NCCNC(=O)c3ccccc3Br)n2)cc1. The highest BCUT2D eigenvalue weighted by atomic mass is 79.9. The van der Waals surface area contributed by atoms with Crippen LogP contribution in [0.15, 0.2) is 57.5 Å². The molecular weight excluding hydrogens is 448 g/mol. The van der Waals surface area contributed by atoms with Gasteiger partial charge in [-0.25, -0.2) is 0 Å². The number of rotatable bonds is 6. The molecule has 2 amide bonds. The van der Waals surface area contributed by atoms with Crippen LogP contribution >= 0.6 is 15.9 Å². The number of halogens is 1. The molecule has 1 heterocycles. The monoisotopic (exact) mass is 470 g/mol. The topological polar surface area (TPSA) is 97.1 Å². The van der Waals surface area contributed by atoms with Crippen molar-refractivity contribution in [2.75, 3.05) is 13.1 Å². The van der Waals surface area contributed by atoms with Gasteiger partial charge in [-0.05, 0) is 39.0 Å². The molecule has 0 unspecified atom stereocenters. The fraction of sp³-hybridized carbons (Fsp3) is 0.273. The van der Waals surface area contributed by atoms with Crippen LogP contribution in [0.1, 0.15) is 47.4 Å². The lowest BCUT2D eigenvalue weighted by Gasteiger charge is -2.18. The Kier molecular flexibility index (Phi) is 6.66. The number of amides is 2. The Morgan fingerprint density at radius 1 is 0.967 bits per heavy atom. The van der Waals surface area contributed by atoms with E-state index < -0.39 is 5.91 Å². The van der Waals surface area contributed by atoms with Gasteiger partial charge in [-0.2, -0.15) is 4.98 Å². The summed E-state index contributed by atoms with van der Waals surface area (Å²) < 4.78 is 5.78. The quantitative estimate of drug-likeness (QED) is 0.531. The maximum atomic E-state index is 12.2. The molecule has 0 aliphatic heterocycles. The van der Waals surface area contributed by atoms with E-state index in [4.69, 9.17) is 4.52 Å². The molecule has 156 valence electrons. The van der Waals surface area contributed by atoms with E-state index in [1.165, 1.54) is 5.56 Å². The van der Waals surface area contributed by atoms with Gasteiger partial charge < -0.3 is 15.2 Å². The lowest BCUT2D eigenvalue weighted by Crippen LogP contribution is -2.34. The van der Waals surface area contributed by atoms with Gasteiger partial charge in [0, 0.05) is 23.1 Å². The summed E-state index contributed by atoms with van der Waals surface area (Å²) in [5.74, 6) is -0.490. The van der Waals surface area contributed by atoms with Crippen LogP contribution in [-0.4, -0.2) is 35.0 Å². The lowest BCUT2D eigenvalue weighted by molar-refractivity contribution is 0.0898. The van der Waals surface area contributed by atoms with Crippen LogP contribution < -0.4 is 10.6 Å². The predicted octanol–water partition coefficient (Wildman–Crippen LogP) is 3.96. The van der Waals surface area contributed by atoms with E-state index in [0.717, 1.165) is 5.56 Å². The minimum Gasteiger partial charge on any atom is -0.350 e. The van der Waals surface area contributed by atoms with Crippen LogP contribution in [0.25, 0.3) is 11.4 Å². The number of carbonyl (C=O) groups excluding carboxylic acids is 2. The summed E-state index contributed by atoms with van der Waals surface area (Å²) in [6, 6.07) is 15.0. The molecule has 0 atom stereocenters. The molecule has 0 saturated heterocycles. The number of hydrogen-bond donors (Lipinski definition) is 2. The molecule has 8 heteroatoms. The summed E-state index contributed by atoms with van der Waals surface area (Å²) in [4.78, 5) is 28.5. The Labute approximate surface area is 183 Å². The number of nitrogens with zero attached hydrogens (tertiary/aromatic N) is 2. The van der Waals surface area contributed by atoms with Crippen molar-refractivity contribution in [2.24, 2.45) is 0 Å². The lowest BCUT2D eigenvalue weighted by atomic mass is 9.87. The Morgan fingerprint density at radius 3 is 2.23 bits per heavy atom. The normalized spacial score (nSPS) is 11.2. The zero-order valence-electron chi connectivity index (χ0n) is 17.0. The first-order chi connectivity index (χ1) is 14.3. The van der Waals surface area contributed by atoms with Gasteiger partial charge in [-0.15, -0.1) is 0 Å². The second-order valence-electron chi connectivity index (χ2n) is 7.74. The third-order valence-electron chi connectivity index (χ3n) is 4.44. The van der Waals surface area contributed by atoms with Gasteiger partial charge in [-0.3, -0.25) is 9.59 Å². The molecule has 3 aromatic rings. The van der Waals surface area contributed by atoms with Crippen molar-refractivity contribution in [2.45, 2.75) is 26.2 Å². The molecule has 0 aliphatic carbocycles. The van der Waals surface area contributed by atoms with Gasteiger partial charge in [0.05, 0.1) is 5.56 Å². The first-order valence-electron chi connectivity index (χ1n) is 9.51. The average Bonchev–Trinajstić information content (AvgIpc) is 3.21. The maximum Gasteiger partial charge on any atom is 0.316 e. The van der Waals surface area contributed by atoms with Crippen LogP contribution in [-0.2, 0) is 5.41 Å². The van der Waals surface area contributed by atoms with Crippen LogP contribution in [0.2, 0.25) is 0 Å². The molecule has 2 N–H and O–H groups in total. The van der Waals surface area contributed by atoms with Crippen molar-refractivity contribution in [3.8, 4) is 11.4 Å². The number of carbonyl (C=O) groups is 2. The summed E-state index contributed by atoms with van der Waals surface area (Å²) >= 11 is 3.34. The molecule has 7 nitrogen and oxygen atoms in total. The van der Waals surface area contributed by atoms with Crippen molar-refractivity contribution >= 4 is 27.7 Å². The minimum atomic E-state index is -0.491. The molecule has 3 rings (SSSR count). The van der Waals surface area contributed by atoms with Crippen LogP contribution in [0.4, 0.5) is 0 Å². The Balaban J connectivity index is 1.52. The highest BCUT2D eigenvalue weighted by Gasteiger charge is 2.17. The highest BCUT2D eigenvalue weighted by Crippen LogP contribution is 2.25. The van der Waals surface area contributed by atoms with E-state index in [1.807, 2.05) is 30.3 Å². The summed E-state index contributed by atoms with van der Waals surface area (Å²) in [6.07, 6.45) is 0. The molecule has 1 aromatic heterocycles. The van der Waals surface area contributed by atoms with Gasteiger partial charge in [0.15, 0.2) is 0 Å². The largest absolute Gasteiger partial charge is 0.350 e. The maximum absolute atomic E-state index is 12.2. The minimum absolute atomic E-state index is 0.0485. The fourth-order valence-electron chi connectivity index (χ4n) is 2.72. The van der Waals surface area contributed by atoms with E-state index in [1.54, 1.807) is 18.2 Å². The van der Waals surface area contributed by atoms with Crippen molar-refractivity contribution in [1.82, 2.24) is 20.8 Å². The molecule has 0 saturated carbocycles. The standard InChI is InChI=1S/C22H23BrN4O3/c1-22(2,3)15-10-8-14(9-11-15)18-26-21(30-27-18)20(29)25-13-12-24-19(28)16-6-4-5-7-17(16)23/h4-11H,12-13H2,1-3H3,(H,24,28)(H,25,29). The summed E-state index contributed by atoms with van der Waals surface area (Å²) in [7, 11) is 0. The number of nitrogens with one attached hydrogen (secondary N) is 2. The third-order valence-corrected chi connectivity index (χ3v) is 5.14. The Morgan fingerprint density at radius 2 is 1.60 bits per heavy atom. The fourth-order valence-corrected chi connectivity index (χ4v) is 3.19. The van der Waals surface area contributed by atoms with Gasteiger partial charge in [0.25, 0.3) is 5.91 Å². The van der Waals surface area contributed by atoms with E-state index in [-0.39, 0.29) is 30.3 Å². The smallest absolute Gasteiger partial charge is 0.316 e. The highest BCUT2D eigenvalue weighted by molar-refractivity contribution is 9.10. The first-order valence-corrected chi connectivity index (χ1v) is 10.3. The number of hydrogen-bond acceptors (Lipinski definition) is 5. The van der Waals surface area contributed by atoms with E-state index >= 15 is 0 Å². The molecule has 0 radical (unpaired) electrons. The average molecular weight is 471 g/mol. The molecule has 30 heavy (non-hydrogen) atoms. The second-order valence-corrected chi connectivity index (χ2v) is 8.60. The predicted molar refractivity (Wildman–Crippen MR) is 117 cm³/mol. The number of aromatic nitrogens is 2. The second kappa shape index (κ2) is 9.21. The van der Waals surface area contributed by atoms with Gasteiger partial charge >= 0.3 is 11.8 Å². The van der Waals surface area contributed by atoms with E-state index in [9.17, 15) is 9.59 Å². The Bertz CT molecular complexity index is 1040. The molecule has 0 bridgehead atoms. The summed E-state index contributed by atoms with van der Waals surface area (Å²) in [5, 5.41) is 9.28. The van der Waals surface area contributed by atoms with Crippen molar-refractivity contribution < 1.29 is 14.1 Å². The molecule has 0 aliphatic rings. The van der Waals surface area contributed by atoms with Crippen molar-refractivity contribution in [3.05, 3.63) is 70.0 Å². The summed E-state index contributed by atoms with van der Waals surface area (Å²) in [6.45, 7) is 6.91.